The Hall–Kier alpha value is -1.75. The van der Waals surface area contributed by atoms with E-state index in [1.165, 1.54) is 0 Å². The highest BCUT2D eigenvalue weighted by atomic mass is 35.5. The second-order valence-corrected chi connectivity index (χ2v) is 7.43. The molecule has 0 aliphatic carbocycles. The van der Waals surface area contributed by atoms with Crippen molar-refractivity contribution in [1.29, 1.82) is 0 Å². The number of fused-ring (bicyclic) bond motifs is 1. The SMILES string of the molecule is Cc1c(Cl)ccc2[nH]c(C3CCCN3C(=O)OC(C)(C)C)nc12. The molecule has 0 saturated carbocycles. The number of aromatic nitrogens is 2. The van der Waals surface area contributed by atoms with Gasteiger partial charge in [0, 0.05) is 11.6 Å². The lowest BCUT2D eigenvalue weighted by atomic mass is 10.2. The predicted octanol–water partition coefficient (Wildman–Crippen LogP) is 4.60. The van der Waals surface area contributed by atoms with Crippen molar-refractivity contribution in [3.05, 3.63) is 28.5 Å². The molecule has 0 radical (unpaired) electrons. The van der Waals surface area contributed by atoms with Gasteiger partial charge in [0.05, 0.1) is 17.1 Å². The lowest BCUT2D eigenvalue weighted by Gasteiger charge is -2.27. The number of nitrogens with one attached hydrogen (secondary N) is 1. The van der Waals surface area contributed by atoms with E-state index in [1.54, 1.807) is 4.90 Å². The molecule has 1 fully saturated rings. The molecular weight excluding hydrogens is 314 g/mol. The minimum atomic E-state index is -0.498. The number of carbonyl (C=O) groups excluding carboxylic acids is 1. The molecule has 1 atom stereocenters. The maximum Gasteiger partial charge on any atom is 0.410 e. The van der Waals surface area contributed by atoms with Crippen molar-refractivity contribution in [2.75, 3.05) is 6.54 Å². The highest BCUT2D eigenvalue weighted by Gasteiger charge is 2.35. The van der Waals surface area contributed by atoms with Crippen molar-refractivity contribution in [3.8, 4) is 0 Å². The Balaban J connectivity index is 1.91. The number of aromatic amines is 1. The first-order valence-electron chi connectivity index (χ1n) is 7.90. The summed E-state index contributed by atoms with van der Waals surface area (Å²) < 4.78 is 5.51. The van der Waals surface area contributed by atoms with E-state index >= 15 is 0 Å². The number of hydrogen-bond acceptors (Lipinski definition) is 3. The number of ether oxygens (including phenoxy) is 1. The normalized spacial score (nSPS) is 18.7. The summed E-state index contributed by atoms with van der Waals surface area (Å²) in [5.74, 6) is 0.800. The number of halogens is 1. The fourth-order valence-corrected chi connectivity index (χ4v) is 3.11. The summed E-state index contributed by atoms with van der Waals surface area (Å²) in [5.41, 5.74) is 2.26. The smallest absolute Gasteiger partial charge is 0.410 e. The fraction of sp³-hybridized carbons (Fsp3) is 0.529. The lowest BCUT2D eigenvalue weighted by molar-refractivity contribution is 0.0219. The molecule has 2 aromatic rings. The molecule has 124 valence electrons. The summed E-state index contributed by atoms with van der Waals surface area (Å²) in [7, 11) is 0. The van der Waals surface area contributed by atoms with Gasteiger partial charge in [0.25, 0.3) is 0 Å². The van der Waals surface area contributed by atoms with E-state index in [-0.39, 0.29) is 12.1 Å². The Bertz CT molecular complexity index is 748. The van der Waals surface area contributed by atoms with E-state index < -0.39 is 5.60 Å². The number of H-pyrrole nitrogens is 1. The van der Waals surface area contributed by atoms with Gasteiger partial charge in [-0.3, -0.25) is 4.90 Å². The molecule has 0 bridgehead atoms. The molecule has 5 nitrogen and oxygen atoms in total. The highest BCUT2D eigenvalue weighted by molar-refractivity contribution is 6.32. The summed E-state index contributed by atoms with van der Waals surface area (Å²) >= 11 is 6.17. The first-order chi connectivity index (χ1) is 10.8. The largest absolute Gasteiger partial charge is 0.444 e. The number of likely N-dealkylation sites (tertiary alicyclic amines) is 1. The van der Waals surface area contributed by atoms with Crippen LogP contribution >= 0.6 is 11.6 Å². The summed E-state index contributed by atoms with van der Waals surface area (Å²) in [6.45, 7) is 8.28. The summed E-state index contributed by atoms with van der Waals surface area (Å²) in [4.78, 5) is 22.2. The van der Waals surface area contributed by atoms with Crippen molar-refractivity contribution in [3.63, 3.8) is 0 Å². The molecule has 1 amide bonds. The van der Waals surface area contributed by atoms with Crippen LogP contribution < -0.4 is 0 Å². The molecule has 1 aliphatic rings. The number of rotatable bonds is 1. The van der Waals surface area contributed by atoms with E-state index in [0.29, 0.717) is 11.6 Å². The number of imidazole rings is 1. The molecule has 3 rings (SSSR count). The van der Waals surface area contributed by atoms with Gasteiger partial charge in [-0.25, -0.2) is 9.78 Å². The maximum absolute atomic E-state index is 12.4. The van der Waals surface area contributed by atoms with Crippen LogP contribution in [0.25, 0.3) is 11.0 Å². The topological polar surface area (TPSA) is 58.2 Å². The molecule has 6 heteroatoms. The third-order valence-corrected chi connectivity index (χ3v) is 4.47. The minimum absolute atomic E-state index is 0.0737. The fourth-order valence-electron chi connectivity index (χ4n) is 2.95. The second kappa shape index (κ2) is 5.71. The van der Waals surface area contributed by atoms with Crippen molar-refractivity contribution in [2.45, 2.75) is 52.2 Å². The number of benzene rings is 1. The Morgan fingerprint density at radius 1 is 1.43 bits per heavy atom. The summed E-state index contributed by atoms with van der Waals surface area (Å²) in [6.07, 6.45) is 1.54. The van der Waals surface area contributed by atoms with Gasteiger partial charge < -0.3 is 9.72 Å². The quantitative estimate of drug-likeness (QED) is 0.828. The average molecular weight is 336 g/mol. The lowest BCUT2D eigenvalue weighted by Crippen LogP contribution is -2.36. The Kier molecular flexibility index (Phi) is 4.00. The molecular formula is C17H22ClN3O2. The summed E-state index contributed by atoms with van der Waals surface area (Å²) in [5, 5.41) is 0.700. The molecule has 23 heavy (non-hydrogen) atoms. The zero-order valence-electron chi connectivity index (χ0n) is 13.9. The highest BCUT2D eigenvalue weighted by Crippen LogP contribution is 2.34. The van der Waals surface area contributed by atoms with Gasteiger partial charge in [-0.2, -0.15) is 0 Å². The number of amides is 1. The molecule has 1 aliphatic heterocycles. The van der Waals surface area contributed by atoms with Crippen LogP contribution in [-0.4, -0.2) is 33.1 Å². The van der Waals surface area contributed by atoms with Crippen LogP contribution in [0.1, 0.15) is 51.0 Å². The molecule has 2 heterocycles. The van der Waals surface area contributed by atoms with Crippen molar-refractivity contribution in [2.24, 2.45) is 0 Å². The molecule has 1 saturated heterocycles. The van der Waals surface area contributed by atoms with Crippen LogP contribution in [0.3, 0.4) is 0 Å². The average Bonchev–Trinajstić information content (AvgIpc) is 3.07. The van der Waals surface area contributed by atoms with E-state index in [4.69, 9.17) is 21.3 Å². The number of nitrogens with zero attached hydrogens (tertiary/aromatic N) is 2. The summed E-state index contributed by atoms with van der Waals surface area (Å²) in [6, 6.07) is 3.71. The second-order valence-electron chi connectivity index (χ2n) is 7.02. The first-order valence-corrected chi connectivity index (χ1v) is 8.28. The maximum atomic E-state index is 12.4. The third kappa shape index (κ3) is 3.15. The number of carbonyl (C=O) groups is 1. The van der Waals surface area contributed by atoms with Gasteiger partial charge in [-0.1, -0.05) is 11.6 Å². The Morgan fingerprint density at radius 3 is 2.87 bits per heavy atom. The van der Waals surface area contributed by atoms with Gasteiger partial charge in [0.15, 0.2) is 0 Å². The van der Waals surface area contributed by atoms with Crippen molar-refractivity contribution in [1.82, 2.24) is 14.9 Å². The van der Waals surface area contributed by atoms with Crippen molar-refractivity contribution < 1.29 is 9.53 Å². The van der Waals surface area contributed by atoms with Crippen LogP contribution in [0.2, 0.25) is 5.02 Å². The molecule has 0 spiro atoms. The molecule has 1 unspecified atom stereocenters. The van der Waals surface area contributed by atoms with E-state index in [1.807, 2.05) is 39.8 Å². The van der Waals surface area contributed by atoms with Gasteiger partial charge in [0.1, 0.15) is 11.4 Å². The number of hydrogen-bond donors (Lipinski definition) is 1. The van der Waals surface area contributed by atoms with Gasteiger partial charge in [0.2, 0.25) is 0 Å². The van der Waals surface area contributed by atoms with Gasteiger partial charge in [-0.05, 0) is 58.2 Å². The number of aryl methyl sites for hydroxylation is 1. The van der Waals surface area contributed by atoms with Crippen LogP contribution in [0.5, 0.6) is 0 Å². The minimum Gasteiger partial charge on any atom is -0.444 e. The van der Waals surface area contributed by atoms with Gasteiger partial charge >= 0.3 is 6.09 Å². The van der Waals surface area contributed by atoms with E-state index in [9.17, 15) is 4.79 Å². The van der Waals surface area contributed by atoms with E-state index in [0.717, 1.165) is 35.3 Å². The Morgan fingerprint density at radius 2 is 2.17 bits per heavy atom. The van der Waals surface area contributed by atoms with Crippen LogP contribution in [-0.2, 0) is 4.74 Å². The van der Waals surface area contributed by atoms with Gasteiger partial charge in [-0.15, -0.1) is 0 Å². The zero-order chi connectivity index (χ0) is 16.8. The molecule has 1 aromatic heterocycles. The van der Waals surface area contributed by atoms with Crippen LogP contribution in [0.15, 0.2) is 12.1 Å². The standard InChI is InChI=1S/C17H22ClN3O2/c1-10-11(18)7-8-12-14(10)20-15(19-12)13-6-5-9-21(13)16(22)23-17(2,3)4/h7-8,13H,5-6,9H2,1-4H3,(H,19,20). The van der Waals surface area contributed by atoms with E-state index in [2.05, 4.69) is 4.98 Å². The predicted molar refractivity (Wildman–Crippen MR) is 90.8 cm³/mol. The molecule has 1 aromatic carbocycles. The first kappa shape index (κ1) is 16.1. The van der Waals surface area contributed by atoms with Crippen LogP contribution in [0, 0.1) is 6.92 Å². The third-order valence-electron chi connectivity index (χ3n) is 4.06. The Labute approximate surface area is 141 Å². The zero-order valence-corrected chi connectivity index (χ0v) is 14.7. The molecule has 1 N–H and O–H groups in total. The van der Waals surface area contributed by atoms with Crippen LogP contribution in [0.4, 0.5) is 4.79 Å². The van der Waals surface area contributed by atoms with Crippen molar-refractivity contribution >= 4 is 28.7 Å². The monoisotopic (exact) mass is 335 g/mol.